The molecule has 0 amide bonds. The van der Waals surface area contributed by atoms with E-state index in [1.165, 1.54) is 16.4 Å². The third-order valence-electron chi connectivity index (χ3n) is 20.3. The summed E-state index contributed by atoms with van der Waals surface area (Å²) in [4.78, 5) is 47.7. The van der Waals surface area contributed by atoms with Gasteiger partial charge in [0, 0.05) is 95.0 Å². The van der Waals surface area contributed by atoms with Crippen LogP contribution in [0, 0.1) is 0 Å². The minimum Gasteiger partial charge on any atom is -0.311 e. The Hall–Kier alpha value is -14.4. The first kappa shape index (κ1) is 61.5. The molecule has 4 aromatic heterocycles. The van der Waals surface area contributed by atoms with E-state index in [1.54, 1.807) is 0 Å². The van der Waals surface area contributed by atoms with Crippen LogP contribution in [0.15, 0.2) is 364 Å². The van der Waals surface area contributed by atoms with E-state index in [1.807, 2.05) is 115 Å². The van der Waals surface area contributed by atoms with Gasteiger partial charge in [0.2, 0.25) is 0 Å². The van der Waals surface area contributed by atoms with E-state index in [9.17, 15) is 0 Å². The predicted molar refractivity (Wildman–Crippen MR) is 432 cm³/mol. The second-order valence-corrected chi connectivity index (χ2v) is 26.6. The third-order valence-corrected chi connectivity index (χ3v) is 20.3. The lowest BCUT2D eigenvalue weighted by Crippen LogP contribution is -2.61. The summed E-state index contributed by atoms with van der Waals surface area (Å²) < 4.78 is 2.34. The molecule has 2 aliphatic heterocycles. The van der Waals surface area contributed by atoms with Gasteiger partial charge in [0.05, 0.1) is 28.1 Å². The zero-order chi connectivity index (χ0) is 70.0. The summed E-state index contributed by atoms with van der Waals surface area (Å²) in [6, 6.07) is 127. The highest BCUT2D eigenvalue weighted by atomic mass is 15.2. The molecule has 18 aromatic rings. The molecule has 11 nitrogen and oxygen atoms in total. The number of hydrogen-bond donors (Lipinski definition) is 0. The molecule has 0 N–H and O–H groups in total. The van der Waals surface area contributed by atoms with Gasteiger partial charge in [-0.1, -0.05) is 267 Å². The van der Waals surface area contributed by atoms with Crippen LogP contribution in [-0.4, -0.2) is 51.2 Å². The number of nitrogens with zero attached hydrogens (tertiary/aromatic N) is 11. The van der Waals surface area contributed by atoms with Crippen molar-refractivity contribution in [3.63, 3.8) is 0 Å². The second kappa shape index (κ2) is 25.9. The van der Waals surface area contributed by atoms with Crippen molar-refractivity contribution in [2.24, 2.45) is 0 Å². The zero-order valence-corrected chi connectivity index (χ0v) is 57.1. The number of fused-ring (bicyclic) bond motifs is 7. The van der Waals surface area contributed by atoms with E-state index in [0.717, 1.165) is 134 Å². The molecule has 6 heterocycles. The van der Waals surface area contributed by atoms with Gasteiger partial charge in [-0.3, -0.25) is 0 Å². The van der Waals surface area contributed by atoms with Crippen LogP contribution >= 0.6 is 0 Å². The molecule has 0 unspecified atom stereocenters. The van der Waals surface area contributed by atoms with Gasteiger partial charge in [-0.25, -0.2) is 39.9 Å². The van der Waals surface area contributed by atoms with Crippen LogP contribution < -0.4 is 26.2 Å². The SMILES string of the molecule is c1ccc(-c2cc(-c3ccc(-n4c5ccccc5c5cc(-c6nc(-c7ccccc7)nc(-c7ccccc7)n6)ccc54)c(-c4nc(-c5ccccc5)nc(-c5cccc(-c6cc7c8c(c6)N(c6ccccc6)c6ccccc6B8c6ccccc6N7c6ccccc6)c5)n4)c3)nc(-c3ccccc3)n2)cc1. The van der Waals surface area contributed by atoms with E-state index >= 15 is 0 Å². The lowest BCUT2D eigenvalue weighted by atomic mass is 9.33. The van der Waals surface area contributed by atoms with Crippen molar-refractivity contribution in [3.8, 4) is 119 Å². The van der Waals surface area contributed by atoms with Gasteiger partial charge >= 0.3 is 0 Å². The van der Waals surface area contributed by atoms with E-state index < -0.39 is 0 Å². The summed E-state index contributed by atoms with van der Waals surface area (Å²) in [5.41, 5.74) is 24.6. The molecule has 494 valence electrons. The highest BCUT2D eigenvalue weighted by Crippen LogP contribution is 2.47. The van der Waals surface area contributed by atoms with Crippen molar-refractivity contribution < 1.29 is 0 Å². The molecule has 106 heavy (non-hydrogen) atoms. The fraction of sp³-hybridized carbons (Fsp3) is 0. The van der Waals surface area contributed by atoms with Gasteiger partial charge in [0.25, 0.3) is 6.71 Å². The van der Waals surface area contributed by atoms with Crippen molar-refractivity contribution >= 4 is 79.0 Å². The largest absolute Gasteiger partial charge is 0.311 e. The molecule has 14 aromatic carbocycles. The number of anilines is 6. The highest BCUT2D eigenvalue weighted by Gasteiger charge is 2.43. The molecule has 0 fully saturated rings. The molecule has 0 aliphatic carbocycles. The molecule has 0 atom stereocenters. The molecule has 20 rings (SSSR count). The van der Waals surface area contributed by atoms with Crippen LogP contribution in [0.2, 0.25) is 0 Å². The number of hydrogen-bond acceptors (Lipinski definition) is 10. The van der Waals surface area contributed by atoms with Crippen LogP contribution in [0.1, 0.15) is 0 Å². The Morgan fingerprint density at radius 1 is 0.208 bits per heavy atom. The molecule has 2 aliphatic rings. The maximum absolute atomic E-state index is 5.72. The Labute approximate surface area is 612 Å². The standard InChI is InChI=1S/C94H60BN11/c1-8-29-61(30-9-1)78-60-79(97-88(96-78)62-31-10-2-11-32-62)67-51-53-82(106-80-48-25-22-45-73(80)74-57-69(52-54-81(74)106)93-99-89(63-33-12-3-13-34-63)98-90(100-93)64-35-14-4-15-36-64)75(56-67)94-102-91(65-37-16-5-17-38-65)101-92(103-94)68-40-28-39-66(55-68)70-58-85-87-86(59-70)105(72-43-20-7-21-44-72)84-50-27-24-47-77(84)95(87)76-46-23-26-49-83(76)104(85)71-41-18-6-19-42-71/h1-60H. The van der Waals surface area contributed by atoms with E-state index in [4.69, 9.17) is 39.9 Å². The molecule has 0 spiro atoms. The maximum atomic E-state index is 5.72. The van der Waals surface area contributed by atoms with Crippen LogP contribution in [0.3, 0.4) is 0 Å². The minimum atomic E-state index is -0.0311. The second-order valence-electron chi connectivity index (χ2n) is 26.6. The number of rotatable bonds is 13. The van der Waals surface area contributed by atoms with Crippen molar-refractivity contribution in [1.29, 1.82) is 0 Å². The minimum absolute atomic E-state index is 0.0311. The third kappa shape index (κ3) is 10.9. The van der Waals surface area contributed by atoms with Gasteiger partial charge in [-0.2, -0.15) is 0 Å². The average Bonchev–Trinajstić information content (AvgIpc) is 0.854. The summed E-state index contributed by atoms with van der Waals surface area (Å²) in [5, 5.41) is 2.06. The summed E-state index contributed by atoms with van der Waals surface area (Å²) in [6.45, 7) is -0.0311. The summed E-state index contributed by atoms with van der Waals surface area (Å²) in [5.74, 6) is 3.86. The van der Waals surface area contributed by atoms with Gasteiger partial charge in [0.1, 0.15) is 0 Å². The molecule has 0 saturated heterocycles. The zero-order valence-electron chi connectivity index (χ0n) is 57.1. The predicted octanol–water partition coefficient (Wildman–Crippen LogP) is 20.7. The first-order valence-electron chi connectivity index (χ1n) is 35.6. The van der Waals surface area contributed by atoms with Crippen LogP contribution in [0.4, 0.5) is 34.1 Å². The topological polar surface area (TPSA) is 115 Å². The van der Waals surface area contributed by atoms with E-state index in [-0.39, 0.29) is 6.71 Å². The Morgan fingerprint density at radius 3 is 1.12 bits per heavy atom. The molecule has 0 bridgehead atoms. The van der Waals surface area contributed by atoms with Gasteiger partial charge in [0.15, 0.2) is 40.8 Å². The van der Waals surface area contributed by atoms with Gasteiger partial charge < -0.3 is 14.4 Å². The Bertz CT molecular complexity index is 6180. The smallest absolute Gasteiger partial charge is 0.252 e. The monoisotopic (exact) mass is 1350 g/mol. The summed E-state index contributed by atoms with van der Waals surface area (Å²) in [6.07, 6.45) is 0. The van der Waals surface area contributed by atoms with Crippen molar-refractivity contribution in [3.05, 3.63) is 364 Å². The quantitative estimate of drug-likeness (QED) is 0.103. The molecule has 0 radical (unpaired) electrons. The van der Waals surface area contributed by atoms with Crippen molar-refractivity contribution in [2.75, 3.05) is 9.80 Å². The number of para-hydroxylation sites is 5. The van der Waals surface area contributed by atoms with E-state index in [2.05, 4.69) is 263 Å². The molecular formula is C94H60BN11. The Morgan fingerprint density at radius 2 is 0.594 bits per heavy atom. The fourth-order valence-electron chi connectivity index (χ4n) is 15.4. The van der Waals surface area contributed by atoms with Gasteiger partial charge in [-0.05, 0) is 125 Å². The highest BCUT2D eigenvalue weighted by molar-refractivity contribution is 7.00. The lowest BCUT2D eigenvalue weighted by Gasteiger charge is -2.44. The first-order chi connectivity index (χ1) is 52.5. The molecule has 12 heteroatoms. The molecular weight excluding hydrogens is 1290 g/mol. The van der Waals surface area contributed by atoms with E-state index in [0.29, 0.717) is 40.8 Å². The first-order valence-corrected chi connectivity index (χ1v) is 35.6. The van der Waals surface area contributed by atoms with Crippen LogP contribution in [-0.2, 0) is 0 Å². The summed E-state index contributed by atoms with van der Waals surface area (Å²) >= 11 is 0. The Kier molecular flexibility index (Phi) is 15.0. The number of aromatic nitrogens is 9. The van der Waals surface area contributed by atoms with Crippen LogP contribution in [0.5, 0.6) is 0 Å². The van der Waals surface area contributed by atoms with Gasteiger partial charge in [-0.15, -0.1) is 0 Å². The normalized spacial score (nSPS) is 12.1. The number of benzene rings is 14. The lowest BCUT2D eigenvalue weighted by molar-refractivity contribution is 1.06. The summed E-state index contributed by atoms with van der Waals surface area (Å²) in [7, 11) is 0. The van der Waals surface area contributed by atoms with Crippen LogP contribution in [0.25, 0.3) is 141 Å². The fourth-order valence-corrected chi connectivity index (χ4v) is 15.4. The maximum Gasteiger partial charge on any atom is 0.252 e. The van der Waals surface area contributed by atoms with Crippen molar-refractivity contribution in [1.82, 2.24) is 44.4 Å². The average molecular weight is 1350 g/mol. The van der Waals surface area contributed by atoms with Crippen molar-refractivity contribution in [2.45, 2.75) is 0 Å². The molecule has 0 saturated carbocycles. The Balaban J connectivity index is 0.802.